The van der Waals surface area contributed by atoms with Crippen molar-refractivity contribution in [2.75, 3.05) is 11.9 Å². The molecule has 0 unspecified atom stereocenters. The first-order chi connectivity index (χ1) is 9.24. The molecule has 0 saturated heterocycles. The molecule has 0 aliphatic carbocycles. The third kappa shape index (κ3) is 4.43. The van der Waals surface area contributed by atoms with Gasteiger partial charge in [-0.25, -0.2) is 9.78 Å². The van der Waals surface area contributed by atoms with Crippen LogP contribution in [0.1, 0.15) is 11.1 Å². The summed E-state index contributed by atoms with van der Waals surface area (Å²) in [6, 6.07) is 13.5. The van der Waals surface area contributed by atoms with Gasteiger partial charge in [0.15, 0.2) is 0 Å². The quantitative estimate of drug-likeness (QED) is 0.882. The van der Waals surface area contributed by atoms with E-state index in [0.717, 1.165) is 6.42 Å². The van der Waals surface area contributed by atoms with Gasteiger partial charge in [-0.1, -0.05) is 35.9 Å². The van der Waals surface area contributed by atoms with Crippen LogP contribution in [0.2, 0.25) is 0 Å². The second-order valence-electron chi connectivity index (χ2n) is 4.33. The number of nitrogens with zero attached hydrogens (tertiary/aromatic N) is 1. The zero-order valence-electron chi connectivity index (χ0n) is 10.9. The summed E-state index contributed by atoms with van der Waals surface area (Å²) >= 11 is 0. The van der Waals surface area contributed by atoms with E-state index in [1.54, 1.807) is 18.3 Å². The topological polar surface area (TPSA) is 54.0 Å². The molecule has 4 nitrogen and oxygen atoms in total. The van der Waals surface area contributed by atoms with E-state index in [1.165, 1.54) is 11.1 Å². The molecule has 2 aromatic rings. The van der Waals surface area contributed by atoms with Crippen molar-refractivity contribution in [3.05, 3.63) is 59.8 Å². The Bertz CT molecular complexity index is 523. The fourth-order valence-electron chi connectivity index (χ4n) is 1.67. The maximum Gasteiger partial charge on any atom is 0.320 e. The predicted octanol–water partition coefficient (Wildman–Crippen LogP) is 2.75. The number of hydrogen-bond donors (Lipinski definition) is 2. The smallest absolute Gasteiger partial charge is 0.320 e. The molecule has 98 valence electrons. The molecule has 2 N–H and O–H groups in total. The van der Waals surface area contributed by atoms with Crippen molar-refractivity contribution in [3.63, 3.8) is 0 Å². The van der Waals surface area contributed by atoms with Crippen LogP contribution in [0.25, 0.3) is 0 Å². The van der Waals surface area contributed by atoms with Gasteiger partial charge in [0.25, 0.3) is 0 Å². The maximum absolute atomic E-state index is 11.6. The van der Waals surface area contributed by atoms with E-state index in [9.17, 15) is 4.79 Å². The molecule has 19 heavy (non-hydrogen) atoms. The van der Waals surface area contributed by atoms with Gasteiger partial charge in [-0.2, -0.15) is 0 Å². The highest BCUT2D eigenvalue weighted by atomic mass is 16.2. The summed E-state index contributed by atoms with van der Waals surface area (Å²) in [5.41, 5.74) is 2.45. The normalized spacial score (nSPS) is 9.95. The summed E-state index contributed by atoms with van der Waals surface area (Å²) in [4.78, 5) is 15.6. The van der Waals surface area contributed by atoms with Crippen LogP contribution >= 0.6 is 0 Å². The summed E-state index contributed by atoms with van der Waals surface area (Å²) in [6.07, 6.45) is 2.46. The lowest BCUT2D eigenvalue weighted by atomic mass is 10.1. The van der Waals surface area contributed by atoms with E-state index in [1.807, 2.05) is 6.07 Å². The molecule has 0 aliphatic rings. The number of amides is 2. The fraction of sp³-hybridized carbons (Fsp3) is 0.200. The molecule has 1 aromatic heterocycles. The van der Waals surface area contributed by atoms with Gasteiger partial charge < -0.3 is 5.32 Å². The minimum absolute atomic E-state index is 0.231. The molecular weight excluding hydrogens is 238 g/mol. The third-order valence-electron chi connectivity index (χ3n) is 2.73. The van der Waals surface area contributed by atoms with Crippen molar-refractivity contribution in [2.24, 2.45) is 0 Å². The molecule has 1 aromatic carbocycles. The number of benzene rings is 1. The van der Waals surface area contributed by atoms with Gasteiger partial charge in [0.2, 0.25) is 0 Å². The highest BCUT2D eigenvalue weighted by molar-refractivity contribution is 5.88. The lowest BCUT2D eigenvalue weighted by Gasteiger charge is -2.07. The molecule has 0 atom stereocenters. The van der Waals surface area contributed by atoms with Gasteiger partial charge >= 0.3 is 6.03 Å². The Balaban J connectivity index is 1.74. The first-order valence-corrected chi connectivity index (χ1v) is 6.25. The van der Waals surface area contributed by atoms with E-state index in [-0.39, 0.29) is 6.03 Å². The Hall–Kier alpha value is -2.36. The number of urea groups is 1. The number of rotatable bonds is 4. The van der Waals surface area contributed by atoms with Gasteiger partial charge in [-0.15, -0.1) is 0 Å². The van der Waals surface area contributed by atoms with Crippen LogP contribution < -0.4 is 10.6 Å². The van der Waals surface area contributed by atoms with E-state index in [2.05, 4.69) is 46.8 Å². The Labute approximate surface area is 112 Å². The van der Waals surface area contributed by atoms with Crippen molar-refractivity contribution < 1.29 is 4.79 Å². The molecule has 2 rings (SSSR count). The van der Waals surface area contributed by atoms with Crippen LogP contribution in [0.5, 0.6) is 0 Å². The first kappa shape index (κ1) is 13.1. The third-order valence-corrected chi connectivity index (χ3v) is 2.73. The molecule has 0 fully saturated rings. The summed E-state index contributed by atoms with van der Waals surface area (Å²) in [5, 5.41) is 5.48. The molecule has 0 saturated carbocycles. The minimum atomic E-state index is -0.231. The minimum Gasteiger partial charge on any atom is -0.337 e. The van der Waals surface area contributed by atoms with Crippen LogP contribution in [-0.4, -0.2) is 17.6 Å². The molecule has 0 radical (unpaired) electrons. The standard InChI is InChI=1S/C15H17N3O/c1-12-5-7-13(8-6-12)9-11-17-15(19)18-14-4-2-3-10-16-14/h2-8,10H,9,11H2,1H3,(H2,16,17,18,19). The van der Waals surface area contributed by atoms with Crippen LogP contribution in [0.4, 0.5) is 10.6 Å². The number of pyridine rings is 1. The molecule has 0 bridgehead atoms. The highest BCUT2D eigenvalue weighted by Crippen LogP contribution is 2.03. The monoisotopic (exact) mass is 255 g/mol. The van der Waals surface area contributed by atoms with E-state index < -0.39 is 0 Å². The summed E-state index contributed by atoms with van der Waals surface area (Å²) in [7, 11) is 0. The number of carbonyl (C=O) groups excluding carboxylic acids is 1. The number of aryl methyl sites for hydroxylation is 1. The summed E-state index contributed by atoms with van der Waals surface area (Å²) in [6.45, 7) is 2.66. The molecule has 2 amide bonds. The lowest BCUT2D eigenvalue weighted by molar-refractivity contribution is 0.252. The number of aromatic nitrogens is 1. The maximum atomic E-state index is 11.6. The van der Waals surface area contributed by atoms with Crippen molar-refractivity contribution in [3.8, 4) is 0 Å². The van der Waals surface area contributed by atoms with Crippen LogP contribution in [0, 0.1) is 6.92 Å². The van der Waals surface area contributed by atoms with Gasteiger partial charge in [-0.3, -0.25) is 5.32 Å². The number of hydrogen-bond acceptors (Lipinski definition) is 2. The second-order valence-corrected chi connectivity index (χ2v) is 4.33. The van der Waals surface area contributed by atoms with E-state index in [0.29, 0.717) is 12.4 Å². The van der Waals surface area contributed by atoms with Crippen LogP contribution in [0.15, 0.2) is 48.7 Å². The molecule has 0 aliphatic heterocycles. The van der Waals surface area contributed by atoms with Gasteiger partial charge in [0, 0.05) is 12.7 Å². The Morgan fingerprint density at radius 1 is 1.16 bits per heavy atom. The van der Waals surface area contributed by atoms with Gasteiger partial charge in [0.05, 0.1) is 0 Å². The van der Waals surface area contributed by atoms with Crippen LogP contribution in [0.3, 0.4) is 0 Å². The van der Waals surface area contributed by atoms with E-state index >= 15 is 0 Å². The molecule has 0 spiro atoms. The average Bonchev–Trinajstić information content (AvgIpc) is 2.42. The second kappa shape index (κ2) is 6.54. The molecule has 1 heterocycles. The lowest BCUT2D eigenvalue weighted by Crippen LogP contribution is -2.30. The van der Waals surface area contributed by atoms with Crippen molar-refractivity contribution >= 4 is 11.8 Å². The average molecular weight is 255 g/mol. The first-order valence-electron chi connectivity index (χ1n) is 6.25. The largest absolute Gasteiger partial charge is 0.337 e. The summed E-state index contributed by atoms with van der Waals surface area (Å²) < 4.78 is 0. The number of anilines is 1. The Morgan fingerprint density at radius 3 is 2.63 bits per heavy atom. The van der Waals surface area contributed by atoms with E-state index in [4.69, 9.17) is 0 Å². The predicted molar refractivity (Wildman–Crippen MR) is 76.1 cm³/mol. The molecular formula is C15H17N3O. The zero-order chi connectivity index (χ0) is 13.5. The number of carbonyl (C=O) groups is 1. The number of nitrogens with one attached hydrogen (secondary N) is 2. The molecule has 4 heteroatoms. The zero-order valence-corrected chi connectivity index (χ0v) is 10.9. The van der Waals surface area contributed by atoms with Gasteiger partial charge in [-0.05, 0) is 31.0 Å². The van der Waals surface area contributed by atoms with Crippen molar-refractivity contribution in [2.45, 2.75) is 13.3 Å². The Morgan fingerprint density at radius 2 is 1.95 bits per heavy atom. The fourth-order valence-corrected chi connectivity index (χ4v) is 1.67. The van der Waals surface area contributed by atoms with Crippen molar-refractivity contribution in [1.29, 1.82) is 0 Å². The highest BCUT2D eigenvalue weighted by Gasteiger charge is 2.01. The van der Waals surface area contributed by atoms with Crippen molar-refractivity contribution in [1.82, 2.24) is 10.3 Å². The Kier molecular flexibility index (Phi) is 4.50. The SMILES string of the molecule is Cc1ccc(CCNC(=O)Nc2ccccn2)cc1. The summed E-state index contributed by atoms with van der Waals surface area (Å²) in [5.74, 6) is 0.551. The van der Waals surface area contributed by atoms with Crippen LogP contribution in [-0.2, 0) is 6.42 Å². The van der Waals surface area contributed by atoms with Gasteiger partial charge in [0.1, 0.15) is 5.82 Å².